The summed E-state index contributed by atoms with van der Waals surface area (Å²) in [5.74, 6) is 1.22. The van der Waals surface area contributed by atoms with Gasteiger partial charge in [-0.25, -0.2) is 9.97 Å². The molecule has 126 valence electrons. The molecule has 0 atom stereocenters. The zero-order valence-corrected chi connectivity index (χ0v) is 16.1. The van der Waals surface area contributed by atoms with Gasteiger partial charge in [-0.2, -0.15) is 8.75 Å². The molecule has 0 fully saturated rings. The first kappa shape index (κ1) is 18.1. The molecule has 0 unspecified atom stereocenters. The van der Waals surface area contributed by atoms with E-state index in [1.807, 2.05) is 12.1 Å². The molecule has 0 saturated heterocycles. The van der Waals surface area contributed by atoms with E-state index in [0.29, 0.717) is 25.6 Å². The largest absolute Gasteiger partial charge is 0.265 e. The van der Waals surface area contributed by atoms with Crippen LogP contribution in [-0.4, -0.2) is 28.7 Å². The molecule has 0 bridgehead atoms. The molecule has 0 N–H and O–H groups in total. The zero-order chi connectivity index (χ0) is 17.6. The van der Waals surface area contributed by atoms with Gasteiger partial charge in [0, 0.05) is 35.9 Å². The van der Waals surface area contributed by atoms with Crippen LogP contribution in [0.3, 0.4) is 0 Å². The van der Waals surface area contributed by atoms with Gasteiger partial charge in [-0.15, -0.1) is 0 Å². The minimum atomic E-state index is 0.412. The van der Waals surface area contributed by atoms with Crippen LogP contribution in [0.25, 0.3) is 22.8 Å². The van der Waals surface area contributed by atoms with Crippen LogP contribution in [0.2, 0.25) is 14.0 Å². The van der Waals surface area contributed by atoms with Crippen molar-refractivity contribution in [2.75, 3.05) is 0 Å². The lowest BCUT2D eigenvalue weighted by atomic mass is 10.3. The normalized spacial score (nSPS) is 10.2. The van der Waals surface area contributed by atoms with E-state index < -0.39 is 0 Å². The molecule has 4 rings (SSSR count). The van der Waals surface area contributed by atoms with Gasteiger partial charge in [-0.1, -0.05) is 11.6 Å². The first-order valence-electron chi connectivity index (χ1n) is 6.61. The van der Waals surface area contributed by atoms with Crippen molar-refractivity contribution in [1.29, 1.82) is 0 Å². The third kappa shape index (κ3) is 5.13. The van der Waals surface area contributed by atoms with Crippen molar-refractivity contribution in [2.45, 2.75) is 0 Å². The lowest BCUT2D eigenvalue weighted by molar-refractivity contribution is 1.27. The molecular weight excluding hydrogens is 423 g/mol. The quantitative estimate of drug-likeness (QED) is 0.438. The molecule has 0 aliphatic carbocycles. The van der Waals surface area contributed by atoms with E-state index in [9.17, 15) is 0 Å². The Morgan fingerprint density at radius 3 is 1.84 bits per heavy atom. The predicted molar refractivity (Wildman–Crippen MR) is 101 cm³/mol. The van der Waals surface area contributed by atoms with Crippen molar-refractivity contribution in [1.82, 2.24) is 28.7 Å². The Morgan fingerprint density at radius 2 is 1.32 bits per heavy atom. The van der Waals surface area contributed by atoms with Crippen molar-refractivity contribution in [3.05, 3.63) is 56.9 Å². The number of halogens is 3. The van der Waals surface area contributed by atoms with Gasteiger partial charge in [0.05, 0.1) is 5.02 Å². The van der Waals surface area contributed by atoms with Crippen molar-refractivity contribution in [3.63, 3.8) is 0 Å². The molecule has 0 aromatic carbocycles. The van der Waals surface area contributed by atoms with Crippen LogP contribution in [-0.2, 0) is 0 Å². The highest BCUT2D eigenvalue weighted by Gasteiger charge is 2.05. The highest BCUT2D eigenvalue weighted by atomic mass is 35.5. The van der Waals surface area contributed by atoms with Crippen molar-refractivity contribution >= 4 is 57.9 Å². The minimum Gasteiger partial charge on any atom is -0.265 e. The van der Waals surface area contributed by atoms with Gasteiger partial charge in [0.2, 0.25) is 8.93 Å². The molecule has 4 heterocycles. The second-order valence-electron chi connectivity index (χ2n) is 4.37. The summed E-state index contributed by atoms with van der Waals surface area (Å²) in [4.78, 5) is 15.8. The van der Waals surface area contributed by atoms with Crippen LogP contribution in [0, 0.1) is 0 Å². The Bertz CT molecular complexity index is 960. The number of rotatable bonds is 2. The van der Waals surface area contributed by atoms with Crippen LogP contribution >= 0.6 is 57.9 Å². The Morgan fingerprint density at radius 1 is 0.720 bits per heavy atom. The lowest BCUT2D eigenvalue weighted by Gasteiger charge is -1.93. The number of pyridine rings is 2. The minimum absolute atomic E-state index is 0.412. The first-order chi connectivity index (χ1) is 12.1. The summed E-state index contributed by atoms with van der Waals surface area (Å²) in [6.07, 6.45) is 6.60. The molecule has 0 aliphatic heterocycles. The third-order valence-corrected chi connectivity index (χ3v) is 4.51. The maximum absolute atomic E-state index is 5.75. The molecule has 25 heavy (non-hydrogen) atoms. The lowest BCUT2D eigenvalue weighted by Crippen LogP contribution is -1.81. The average Bonchev–Trinajstić information content (AvgIpc) is 3.25. The van der Waals surface area contributed by atoms with E-state index in [4.69, 9.17) is 34.8 Å². The van der Waals surface area contributed by atoms with Crippen LogP contribution in [0.4, 0.5) is 0 Å². The molecule has 0 saturated carbocycles. The smallest absolute Gasteiger partial charge is 0.203 e. The Kier molecular flexibility index (Phi) is 6.22. The van der Waals surface area contributed by atoms with E-state index in [-0.39, 0.29) is 0 Å². The molecule has 4 aromatic rings. The molecule has 0 radical (unpaired) electrons. The molecule has 4 aromatic heterocycles. The summed E-state index contributed by atoms with van der Waals surface area (Å²) in [6.45, 7) is 0. The van der Waals surface area contributed by atoms with E-state index in [1.54, 1.807) is 30.9 Å². The van der Waals surface area contributed by atoms with Crippen LogP contribution in [0.5, 0.6) is 0 Å². The fraction of sp³-hybridized carbons (Fsp3) is 0. The first-order valence-corrected chi connectivity index (χ1v) is 9.29. The summed E-state index contributed by atoms with van der Waals surface area (Å²) in [7, 11) is 0. The average molecular weight is 430 g/mol. The van der Waals surface area contributed by atoms with Crippen molar-refractivity contribution in [3.8, 4) is 22.8 Å². The number of nitrogens with zero attached hydrogens (tertiary/aromatic N) is 6. The van der Waals surface area contributed by atoms with E-state index in [2.05, 4.69) is 28.7 Å². The second kappa shape index (κ2) is 8.59. The fourth-order valence-corrected chi connectivity index (χ4v) is 3.09. The van der Waals surface area contributed by atoms with E-state index in [0.717, 1.165) is 22.7 Å². The van der Waals surface area contributed by atoms with Gasteiger partial charge in [0.1, 0.15) is 0 Å². The summed E-state index contributed by atoms with van der Waals surface area (Å²) in [5, 5.41) is 0.559. The summed E-state index contributed by atoms with van der Waals surface area (Å²) < 4.78 is 8.96. The topological polar surface area (TPSA) is 77.3 Å². The van der Waals surface area contributed by atoms with Gasteiger partial charge < -0.3 is 0 Å². The third-order valence-electron chi connectivity index (χ3n) is 2.70. The Hall–Kier alpha value is -1.71. The predicted octanol–water partition coefficient (Wildman–Crippen LogP) is 5.16. The van der Waals surface area contributed by atoms with Crippen LogP contribution < -0.4 is 0 Å². The monoisotopic (exact) mass is 428 g/mol. The summed E-state index contributed by atoms with van der Waals surface area (Å²) >= 11 is 19.4. The molecular formula is C14H7Cl3N6S2. The van der Waals surface area contributed by atoms with Gasteiger partial charge in [-0.05, 0) is 64.5 Å². The highest BCUT2D eigenvalue weighted by molar-refractivity contribution is 7.10. The SMILES string of the molecule is Clc1cncc(-c2nsc(Cl)n2)c1.Clc1nc(-c2ccncc2)ns1. The highest BCUT2D eigenvalue weighted by Crippen LogP contribution is 2.22. The molecule has 11 heteroatoms. The van der Waals surface area contributed by atoms with Crippen molar-refractivity contribution < 1.29 is 0 Å². The molecule has 0 spiro atoms. The number of aromatic nitrogens is 6. The number of hydrogen-bond acceptors (Lipinski definition) is 8. The van der Waals surface area contributed by atoms with Crippen LogP contribution in [0.15, 0.2) is 43.0 Å². The van der Waals surface area contributed by atoms with Gasteiger partial charge in [0.15, 0.2) is 11.6 Å². The van der Waals surface area contributed by atoms with E-state index in [1.165, 1.54) is 11.5 Å². The van der Waals surface area contributed by atoms with Gasteiger partial charge in [0.25, 0.3) is 0 Å². The zero-order valence-electron chi connectivity index (χ0n) is 12.2. The second-order valence-corrected chi connectivity index (χ2v) is 7.47. The van der Waals surface area contributed by atoms with Gasteiger partial charge in [-0.3, -0.25) is 9.97 Å². The molecule has 0 amide bonds. The summed E-state index contributed by atoms with van der Waals surface area (Å²) in [6, 6.07) is 5.43. The number of hydrogen-bond donors (Lipinski definition) is 0. The fourth-order valence-electron chi connectivity index (χ4n) is 1.68. The Balaban J connectivity index is 0.000000146. The maximum atomic E-state index is 5.75. The maximum Gasteiger partial charge on any atom is 0.203 e. The standard InChI is InChI=1S/C7H3Cl2N3S.C7H4ClN3S/c8-5-1-4(2-10-3-5)6-11-7(9)13-12-6;8-7-10-6(11-12-7)5-1-3-9-4-2-5/h1-3H;1-4H. The van der Waals surface area contributed by atoms with Gasteiger partial charge >= 0.3 is 0 Å². The summed E-state index contributed by atoms with van der Waals surface area (Å²) in [5.41, 5.74) is 1.71. The van der Waals surface area contributed by atoms with E-state index >= 15 is 0 Å². The Labute approximate surface area is 165 Å². The van der Waals surface area contributed by atoms with Crippen LogP contribution in [0.1, 0.15) is 0 Å². The molecule has 6 nitrogen and oxygen atoms in total. The van der Waals surface area contributed by atoms with Crippen molar-refractivity contribution in [2.24, 2.45) is 0 Å². The molecule has 0 aliphatic rings.